The van der Waals surface area contributed by atoms with Crippen LogP contribution in [0.15, 0.2) is 33.7 Å². The van der Waals surface area contributed by atoms with Crippen molar-refractivity contribution in [3.63, 3.8) is 0 Å². The molecular weight excluding hydrogens is 576 g/mol. The van der Waals surface area contributed by atoms with Crippen LogP contribution in [0.4, 0.5) is 0 Å². The third kappa shape index (κ3) is 18.9. The van der Waals surface area contributed by atoms with Crippen molar-refractivity contribution >= 4 is 11.4 Å². The number of halogens is 2. The van der Waals surface area contributed by atoms with Gasteiger partial charge in [-0.2, -0.15) is 10.0 Å². The van der Waals surface area contributed by atoms with Gasteiger partial charge in [-0.05, 0) is 39.5 Å². The first-order valence-electron chi connectivity index (χ1n) is 14.7. The van der Waals surface area contributed by atoms with Crippen molar-refractivity contribution in [1.29, 1.82) is 0 Å². The second-order valence-electron chi connectivity index (χ2n) is 10.5. The van der Waals surface area contributed by atoms with E-state index in [1.807, 2.05) is 0 Å². The predicted molar refractivity (Wildman–Crippen MR) is 151 cm³/mol. The average molecular weight is 635 g/mol. The van der Waals surface area contributed by atoms with E-state index in [-0.39, 0.29) is 34.0 Å². The van der Waals surface area contributed by atoms with Crippen LogP contribution >= 0.6 is 0 Å². The fourth-order valence-corrected chi connectivity index (χ4v) is 4.82. The Morgan fingerprint density at radius 3 is 1.00 bits per heavy atom. The number of nitrogens with one attached hydrogen (secondary N) is 2. The first-order chi connectivity index (χ1) is 16.5. The first kappa shape index (κ1) is 37.9. The quantitative estimate of drug-likeness (QED) is 0.208. The molecular formula is C30H58Br2N4. The average Bonchev–Trinajstić information content (AvgIpc) is 3.30. The van der Waals surface area contributed by atoms with Gasteiger partial charge in [0, 0.05) is 26.0 Å². The molecule has 0 saturated carbocycles. The van der Waals surface area contributed by atoms with Gasteiger partial charge in [-0.15, -0.1) is 0 Å². The topological polar surface area (TPSA) is 33.6 Å². The third-order valence-corrected chi connectivity index (χ3v) is 6.92. The molecule has 2 heterocycles. The number of quaternary nitrogens is 2. The summed E-state index contributed by atoms with van der Waals surface area (Å²) in [5.41, 5.74) is 5.12. The molecule has 0 aromatic carbocycles. The Morgan fingerprint density at radius 1 is 0.472 bits per heavy atom. The fraction of sp³-hybridized carbons (Fsp3) is 0.800. The lowest BCUT2D eigenvalue weighted by Gasteiger charge is -2.08. The molecule has 0 fully saturated rings. The lowest BCUT2D eigenvalue weighted by atomic mass is 10.1. The molecule has 0 aromatic rings. The van der Waals surface area contributed by atoms with Crippen LogP contribution in [0.3, 0.4) is 0 Å². The Hall–Kier alpha value is -0.300. The van der Waals surface area contributed by atoms with E-state index in [1.54, 1.807) is 0 Å². The number of hydrogen-bond acceptors (Lipinski definition) is 2. The van der Waals surface area contributed by atoms with E-state index < -0.39 is 0 Å². The molecule has 36 heavy (non-hydrogen) atoms. The summed E-state index contributed by atoms with van der Waals surface area (Å²) in [5.74, 6) is 0. The Kier molecular flexibility index (Phi) is 26.3. The van der Waals surface area contributed by atoms with Gasteiger partial charge >= 0.3 is 0 Å². The maximum atomic E-state index is 4.57. The SMILES string of the molecule is CCCCCCCCCC[NH+]1N=C(C)C=C1C.CCCCCCCCCC[NH+]1N=C(C)C=C1C.[Br-].[Br-]. The molecule has 6 heteroatoms. The van der Waals surface area contributed by atoms with Crippen LogP contribution in [0.2, 0.25) is 0 Å². The second kappa shape index (κ2) is 25.0. The van der Waals surface area contributed by atoms with E-state index in [1.165, 1.54) is 149 Å². The van der Waals surface area contributed by atoms with Crippen LogP contribution in [-0.2, 0) is 0 Å². The molecule has 0 aromatic heterocycles. The predicted octanol–water partition coefficient (Wildman–Crippen LogP) is 0.619. The molecule has 0 saturated heterocycles. The zero-order valence-electron chi connectivity index (χ0n) is 24.5. The van der Waals surface area contributed by atoms with Crippen molar-refractivity contribution in [2.45, 2.75) is 144 Å². The standard InChI is InChI=1S/2C15H28N2.2BrH/c2*1-4-5-6-7-8-9-10-11-12-17-15(3)13-14(2)16-17;;/h2*13H,4-12H2,1-3H3;2*1H. The van der Waals surface area contributed by atoms with Gasteiger partial charge < -0.3 is 34.0 Å². The number of hydrogen-bond donors (Lipinski definition) is 2. The van der Waals surface area contributed by atoms with Gasteiger partial charge in [0.1, 0.15) is 24.5 Å². The second-order valence-corrected chi connectivity index (χ2v) is 10.5. The number of allylic oxidation sites excluding steroid dienone is 4. The highest BCUT2D eigenvalue weighted by Crippen LogP contribution is 2.09. The summed E-state index contributed by atoms with van der Waals surface area (Å²) in [6.07, 6.45) is 26.7. The highest BCUT2D eigenvalue weighted by Gasteiger charge is 2.17. The lowest BCUT2D eigenvalue weighted by Crippen LogP contribution is -3.04. The van der Waals surface area contributed by atoms with Crippen LogP contribution in [0.25, 0.3) is 0 Å². The third-order valence-electron chi connectivity index (χ3n) is 6.92. The van der Waals surface area contributed by atoms with Gasteiger partial charge in [0.2, 0.25) is 0 Å². The zero-order valence-corrected chi connectivity index (χ0v) is 27.7. The van der Waals surface area contributed by atoms with Crippen molar-refractivity contribution < 1.29 is 44.0 Å². The van der Waals surface area contributed by atoms with E-state index in [0.717, 1.165) is 0 Å². The smallest absolute Gasteiger partial charge is 0.132 e. The van der Waals surface area contributed by atoms with Crippen molar-refractivity contribution in [2.24, 2.45) is 10.2 Å². The van der Waals surface area contributed by atoms with Gasteiger partial charge in [0.15, 0.2) is 0 Å². The van der Waals surface area contributed by atoms with Crippen LogP contribution in [0, 0.1) is 0 Å². The van der Waals surface area contributed by atoms with E-state index in [9.17, 15) is 0 Å². The first-order valence-corrected chi connectivity index (χ1v) is 14.7. The van der Waals surface area contributed by atoms with E-state index >= 15 is 0 Å². The maximum absolute atomic E-state index is 4.57. The molecule has 2 unspecified atom stereocenters. The molecule has 0 spiro atoms. The van der Waals surface area contributed by atoms with Crippen LogP contribution in [-0.4, -0.2) is 24.5 Å². The summed E-state index contributed by atoms with van der Waals surface area (Å²) < 4.78 is 0. The molecule has 2 rings (SSSR count). The minimum Gasteiger partial charge on any atom is -1.00 e. The van der Waals surface area contributed by atoms with Crippen LogP contribution in [0.1, 0.15) is 144 Å². The largest absolute Gasteiger partial charge is 1.00 e. The summed E-state index contributed by atoms with van der Waals surface area (Å²) in [7, 11) is 0. The molecule has 0 amide bonds. The van der Waals surface area contributed by atoms with Crippen LogP contribution < -0.4 is 44.0 Å². The molecule has 212 valence electrons. The minimum atomic E-state index is 0. The molecule has 2 aliphatic rings. The summed E-state index contributed by atoms with van der Waals surface area (Å²) in [4.78, 5) is 0. The van der Waals surface area contributed by atoms with Gasteiger partial charge in [-0.25, -0.2) is 0 Å². The maximum Gasteiger partial charge on any atom is 0.132 e. The number of rotatable bonds is 18. The Morgan fingerprint density at radius 2 is 0.750 bits per heavy atom. The normalized spacial score (nSPS) is 18.3. The molecule has 4 nitrogen and oxygen atoms in total. The Labute approximate surface area is 245 Å². The van der Waals surface area contributed by atoms with Crippen molar-refractivity contribution in [3.8, 4) is 0 Å². The summed E-state index contributed by atoms with van der Waals surface area (Å²) in [5, 5.41) is 11.8. The highest BCUT2D eigenvalue weighted by molar-refractivity contribution is 5.93. The van der Waals surface area contributed by atoms with Gasteiger partial charge in [-0.3, -0.25) is 0 Å². The van der Waals surface area contributed by atoms with Gasteiger partial charge in [-0.1, -0.05) is 101 Å². The minimum absolute atomic E-state index is 0. The van der Waals surface area contributed by atoms with Crippen molar-refractivity contribution in [3.05, 3.63) is 23.5 Å². The molecule has 2 N–H and O–H groups in total. The van der Waals surface area contributed by atoms with Crippen molar-refractivity contribution in [1.82, 2.24) is 0 Å². The molecule has 2 atom stereocenters. The Bertz CT molecular complexity index is 599. The lowest BCUT2D eigenvalue weighted by molar-refractivity contribution is -0.865. The Balaban J connectivity index is 0. The summed E-state index contributed by atoms with van der Waals surface area (Å²) >= 11 is 0. The fourth-order valence-electron chi connectivity index (χ4n) is 4.82. The molecule has 2 aliphatic heterocycles. The summed E-state index contributed by atoms with van der Waals surface area (Å²) in [6, 6.07) is 0. The van der Waals surface area contributed by atoms with E-state index in [0.29, 0.717) is 0 Å². The monoisotopic (exact) mass is 632 g/mol. The zero-order chi connectivity index (χ0) is 25.0. The molecule has 0 radical (unpaired) electrons. The van der Waals surface area contributed by atoms with E-state index in [4.69, 9.17) is 0 Å². The van der Waals surface area contributed by atoms with Gasteiger partial charge in [0.25, 0.3) is 0 Å². The number of unbranched alkanes of at least 4 members (excludes halogenated alkanes) is 14. The van der Waals surface area contributed by atoms with Crippen LogP contribution in [0.5, 0.6) is 0 Å². The molecule has 0 bridgehead atoms. The summed E-state index contributed by atoms with van der Waals surface area (Å²) in [6.45, 7) is 15.4. The van der Waals surface area contributed by atoms with E-state index in [2.05, 4.69) is 63.9 Å². The van der Waals surface area contributed by atoms with Gasteiger partial charge in [0.05, 0.1) is 11.4 Å². The molecule has 0 aliphatic carbocycles. The van der Waals surface area contributed by atoms with Crippen molar-refractivity contribution in [2.75, 3.05) is 13.1 Å². The highest BCUT2D eigenvalue weighted by atomic mass is 79.9. The number of nitrogens with zero attached hydrogens (tertiary/aromatic N) is 2.